The summed E-state index contributed by atoms with van der Waals surface area (Å²) in [5.41, 5.74) is 5.82. The van der Waals surface area contributed by atoms with Crippen LogP contribution in [0.25, 0.3) is 11.3 Å². The van der Waals surface area contributed by atoms with Crippen molar-refractivity contribution in [3.8, 4) is 11.3 Å². The molecule has 0 unspecified atom stereocenters. The number of aromatic nitrogens is 1. The number of thiazole rings is 1. The number of carbonyl (C=O) groups is 1. The number of nitrogens with zero attached hydrogens (tertiary/aromatic N) is 3. The average Bonchev–Trinajstić information content (AvgIpc) is 3.18. The Morgan fingerprint density at radius 3 is 2.58 bits per heavy atom. The molecule has 0 bridgehead atoms. The molecule has 0 atom stereocenters. The second-order valence-corrected chi connectivity index (χ2v) is 8.86. The van der Waals surface area contributed by atoms with E-state index in [1.54, 1.807) is 12.1 Å². The van der Waals surface area contributed by atoms with Gasteiger partial charge in [-0.3, -0.25) is 0 Å². The number of rotatable bonds is 7. The van der Waals surface area contributed by atoms with Gasteiger partial charge >= 0.3 is 5.97 Å². The fraction of sp³-hybridized carbons (Fsp3) is 0.292. The van der Waals surface area contributed by atoms with Crippen molar-refractivity contribution in [3.63, 3.8) is 0 Å². The van der Waals surface area contributed by atoms with Gasteiger partial charge in [-0.15, -0.1) is 11.3 Å². The minimum absolute atomic E-state index is 0.383. The van der Waals surface area contributed by atoms with Crippen LogP contribution in [0.4, 0.5) is 5.69 Å². The van der Waals surface area contributed by atoms with Crippen LogP contribution in [0.1, 0.15) is 38.3 Å². The van der Waals surface area contributed by atoms with Gasteiger partial charge in [-0.25, -0.2) is 14.8 Å². The number of ether oxygens (including phenoxy) is 1. The summed E-state index contributed by atoms with van der Waals surface area (Å²) in [7, 11) is 3.38. The first kappa shape index (κ1) is 23.0. The highest BCUT2D eigenvalue weighted by molar-refractivity contribution is 7.14. The van der Waals surface area contributed by atoms with Gasteiger partial charge in [0.1, 0.15) is 4.88 Å². The quantitative estimate of drug-likeness (QED) is 0.246. The van der Waals surface area contributed by atoms with Gasteiger partial charge in [0.15, 0.2) is 0 Å². The zero-order valence-electron chi connectivity index (χ0n) is 18.4. The molecular formula is C24H26ClN3O2S. The van der Waals surface area contributed by atoms with E-state index >= 15 is 0 Å². The summed E-state index contributed by atoms with van der Waals surface area (Å²) in [5, 5.41) is 1.49. The van der Waals surface area contributed by atoms with Gasteiger partial charge in [0, 0.05) is 30.6 Å². The highest BCUT2D eigenvalue weighted by Gasteiger charge is 2.20. The second-order valence-electron chi connectivity index (χ2n) is 7.34. The maximum absolute atomic E-state index is 12.4. The number of benzene rings is 2. The number of hydrogen-bond donors (Lipinski definition) is 0. The lowest BCUT2D eigenvalue weighted by molar-refractivity contribution is 0.0607. The van der Waals surface area contributed by atoms with Crippen LogP contribution in [0, 0.1) is 13.8 Å². The van der Waals surface area contributed by atoms with Gasteiger partial charge < -0.3 is 9.64 Å². The largest absolute Gasteiger partial charge is 0.465 e. The van der Waals surface area contributed by atoms with E-state index < -0.39 is 0 Å². The van der Waals surface area contributed by atoms with E-state index in [4.69, 9.17) is 21.3 Å². The van der Waals surface area contributed by atoms with E-state index in [9.17, 15) is 4.79 Å². The maximum atomic E-state index is 12.4. The minimum atomic E-state index is -0.383. The van der Waals surface area contributed by atoms with E-state index in [0.717, 1.165) is 39.5 Å². The topological polar surface area (TPSA) is 54.8 Å². The molecule has 0 fully saturated rings. The van der Waals surface area contributed by atoms with Gasteiger partial charge in [-0.05, 0) is 55.7 Å². The van der Waals surface area contributed by atoms with Crippen molar-refractivity contribution in [2.24, 2.45) is 4.99 Å². The Bertz CT molecular complexity index is 1110. The predicted octanol–water partition coefficient (Wildman–Crippen LogP) is 6.07. The van der Waals surface area contributed by atoms with Crippen LogP contribution in [0.5, 0.6) is 0 Å². The standard InChI is InChI=1S/C24H26ClN3O2S/c1-6-28(4)14-26-20-12-15(2)18(11-16(20)3)13-21-27-22(23(31-21)24(29)30-5)17-7-9-19(25)10-8-17/h7-12,14H,6,13H2,1-5H3/b26-14+. The van der Waals surface area contributed by atoms with Crippen LogP contribution < -0.4 is 0 Å². The molecule has 0 aliphatic heterocycles. The molecule has 0 aliphatic rings. The summed E-state index contributed by atoms with van der Waals surface area (Å²) in [5.74, 6) is -0.383. The Balaban J connectivity index is 1.94. The molecule has 7 heteroatoms. The highest BCUT2D eigenvalue weighted by atomic mass is 35.5. The summed E-state index contributed by atoms with van der Waals surface area (Å²) in [4.78, 5) is 24.3. The number of carbonyl (C=O) groups excluding carboxylic acids is 1. The van der Waals surface area contributed by atoms with Crippen molar-refractivity contribution in [2.75, 3.05) is 20.7 Å². The maximum Gasteiger partial charge on any atom is 0.350 e. The predicted molar refractivity (Wildman–Crippen MR) is 129 cm³/mol. The molecule has 0 spiro atoms. The normalized spacial score (nSPS) is 11.2. The number of esters is 1. The Kier molecular flexibility index (Phi) is 7.46. The number of hydrogen-bond acceptors (Lipinski definition) is 5. The third kappa shape index (κ3) is 5.51. The summed E-state index contributed by atoms with van der Waals surface area (Å²) in [6.45, 7) is 7.12. The number of methoxy groups -OCH3 is 1. The molecule has 0 saturated heterocycles. The molecule has 0 N–H and O–H groups in total. The fourth-order valence-corrected chi connectivity index (χ4v) is 4.22. The van der Waals surface area contributed by atoms with Crippen LogP contribution in [0.15, 0.2) is 41.4 Å². The Hall–Kier alpha value is -2.70. The summed E-state index contributed by atoms with van der Waals surface area (Å²) < 4.78 is 4.99. The molecule has 2 aromatic carbocycles. The van der Waals surface area contributed by atoms with Crippen molar-refractivity contribution in [3.05, 3.63) is 68.0 Å². The molecule has 3 rings (SSSR count). The van der Waals surface area contributed by atoms with E-state index in [1.165, 1.54) is 18.4 Å². The summed E-state index contributed by atoms with van der Waals surface area (Å²) in [6.07, 6.45) is 2.48. The molecule has 1 heterocycles. The van der Waals surface area contributed by atoms with E-state index in [-0.39, 0.29) is 5.97 Å². The average molecular weight is 456 g/mol. The van der Waals surface area contributed by atoms with Crippen LogP contribution >= 0.6 is 22.9 Å². The number of halogens is 1. The van der Waals surface area contributed by atoms with Crippen molar-refractivity contribution in [1.29, 1.82) is 0 Å². The molecule has 0 radical (unpaired) electrons. The van der Waals surface area contributed by atoms with E-state index in [1.807, 2.05) is 30.4 Å². The molecule has 0 saturated carbocycles. The van der Waals surface area contributed by atoms with Crippen molar-refractivity contribution in [2.45, 2.75) is 27.2 Å². The van der Waals surface area contributed by atoms with Gasteiger partial charge in [0.25, 0.3) is 0 Å². The molecule has 0 amide bonds. The molecule has 3 aromatic rings. The van der Waals surface area contributed by atoms with Crippen LogP contribution in [0.2, 0.25) is 5.02 Å². The van der Waals surface area contributed by atoms with Gasteiger partial charge in [0.05, 0.1) is 29.8 Å². The van der Waals surface area contributed by atoms with Crippen molar-refractivity contribution < 1.29 is 9.53 Å². The lowest BCUT2D eigenvalue weighted by Gasteiger charge is -2.11. The lowest BCUT2D eigenvalue weighted by Crippen LogP contribution is -2.14. The Morgan fingerprint density at radius 2 is 1.94 bits per heavy atom. The smallest absolute Gasteiger partial charge is 0.350 e. The van der Waals surface area contributed by atoms with Gasteiger partial charge in [0.2, 0.25) is 0 Å². The SMILES string of the molecule is CCN(C)/C=N/c1cc(C)c(Cc2nc(-c3ccc(Cl)cc3)c(C(=O)OC)s2)cc1C. The molecule has 31 heavy (non-hydrogen) atoms. The Morgan fingerprint density at radius 1 is 1.23 bits per heavy atom. The number of aliphatic imine (C=N–C) groups is 1. The third-order valence-electron chi connectivity index (χ3n) is 5.05. The first-order valence-corrected chi connectivity index (χ1v) is 11.2. The van der Waals surface area contributed by atoms with Gasteiger partial charge in [-0.1, -0.05) is 29.8 Å². The summed E-state index contributed by atoms with van der Waals surface area (Å²) >= 11 is 7.38. The zero-order valence-corrected chi connectivity index (χ0v) is 20.0. The first-order chi connectivity index (χ1) is 14.8. The fourth-order valence-electron chi connectivity index (χ4n) is 3.07. The van der Waals surface area contributed by atoms with Crippen molar-refractivity contribution >= 4 is 40.9 Å². The second kappa shape index (κ2) is 10.1. The monoisotopic (exact) mass is 455 g/mol. The minimum Gasteiger partial charge on any atom is -0.465 e. The van der Waals surface area contributed by atoms with Crippen molar-refractivity contribution in [1.82, 2.24) is 9.88 Å². The highest BCUT2D eigenvalue weighted by Crippen LogP contribution is 2.32. The lowest BCUT2D eigenvalue weighted by atomic mass is 10.0. The Labute approximate surface area is 192 Å². The van der Waals surface area contributed by atoms with Gasteiger partial charge in [-0.2, -0.15) is 0 Å². The molecule has 0 aliphatic carbocycles. The molecular weight excluding hydrogens is 430 g/mol. The van der Waals surface area contributed by atoms with Crippen LogP contribution in [0.3, 0.4) is 0 Å². The molecule has 5 nitrogen and oxygen atoms in total. The third-order valence-corrected chi connectivity index (χ3v) is 6.34. The molecule has 1 aromatic heterocycles. The van der Waals surface area contributed by atoms with Crippen LogP contribution in [-0.4, -0.2) is 42.9 Å². The first-order valence-electron chi connectivity index (χ1n) is 10.0. The zero-order chi connectivity index (χ0) is 22.5. The summed E-state index contributed by atoms with van der Waals surface area (Å²) in [6, 6.07) is 11.6. The molecule has 162 valence electrons. The van der Waals surface area contributed by atoms with E-state index in [0.29, 0.717) is 22.0 Å². The number of aryl methyl sites for hydroxylation is 2. The van der Waals surface area contributed by atoms with Crippen LogP contribution in [-0.2, 0) is 11.2 Å². The van der Waals surface area contributed by atoms with E-state index in [2.05, 4.69) is 37.9 Å².